The average Bonchev–Trinajstić information content (AvgIpc) is 3.08. The molecule has 2 aromatic rings. The smallest absolute Gasteiger partial charge is 0.338 e. The Bertz CT molecular complexity index is 859. The van der Waals surface area contributed by atoms with Crippen LogP contribution in [-0.2, 0) is 9.53 Å². The number of allylic oxidation sites excluding steroid dienone is 1. The number of hydrogen-bond donors (Lipinski definition) is 1. The number of aryl methyl sites for hydroxylation is 1. The van der Waals surface area contributed by atoms with Crippen LogP contribution in [-0.4, -0.2) is 23.4 Å². The van der Waals surface area contributed by atoms with Crippen molar-refractivity contribution in [2.45, 2.75) is 26.8 Å². The van der Waals surface area contributed by atoms with Gasteiger partial charge >= 0.3 is 5.97 Å². The number of rotatable bonds is 4. The number of aliphatic imine (C=N–C) groups is 1. The van der Waals surface area contributed by atoms with E-state index in [-0.39, 0.29) is 6.61 Å². The Balaban J connectivity index is 2.11. The molecule has 130 valence electrons. The van der Waals surface area contributed by atoms with Crippen LogP contribution in [0.15, 0.2) is 46.0 Å². The number of nitrogens with zero attached hydrogens (tertiary/aromatic N) is 2. The fourth-order valence-electron chi connectivity index (χ4n) is 2.68. The first-order valence-electron chi connectivity index (χ1n) is 7.90. The molecule has 25 heavy (non-hydrogen) atoms. The van der Waals surface area contributed by atoms with Gasteiger partial charge in [0, 0.05) is 22.8 Å². The minimum Gasteiger partial charge on any atom is -0.463 e. The van der Waals surface area contributed by atoms with Gasteiger partial charge in [0.25, 0.3) is 0 Å². The largest absolute Gasteiger partial charge is 0.463 e. The number of benzene rings is 1. The maximum absolute atomic E-state index is 14.6. The first-order valence-corrected chi connectivity index (χ1v) is 8.77. The summed E-state index contributed by atoms with van der Waals surface area (Å²) in [4.78, 5) is 21.3. The van der Waals surface area contributed by atoms with Crippen molar-refractivity contribution < 1.29 is 13.9 Å². The fraction of sp³-hybridized carbons (Fsp3) is 0.278. The van der Waals surface area contributed by atoms with Crippen LogP contribution in [0, 0.1) is 12.7 Å². The number of halogens is 1. The molecule has 0 fully saturated rings. The molecule has 1 N–H and O–H groups in total. The molecule has 1 atom stereocenters. The highest BCUT2D eigenvalue weighted by Crippen LogP contribution is 2.34. The van der Waals surface area contributed by atoms with Gasteiger partial charge in [0.2, 0.25) is 0 Å². The third-order valence-electron chi connectivity index (χ3n) is 3.82. The van der Waals surface area contributed by atoms with Crippen LogP contribution in [0.5, 0.6) is 0 Å². The third-order valence-corrected chi connectivity index (χ3v) is 4.60. The molecule has 2 heterocycles. The van der Waals surface area contributed by atoms with E-state index in [0.717, 1.165) is 5.56 Å². The minimum atomic E-state index is -0.778. The van der Waals surface area contributed by atoms with Crippen molar-refractivity contribution in [3.8, 4) is 0 Å². The number of amidine groups is 1. The molecule has 0 spiro atoms. The van der Waals surface area contributed by atoms with Crippen molar-refractivity contribution in [3.63, 3.8) is 0 Å². The van der Waals surface area contributed by atoms with E-state index >= 15 is 0 Å². The number of esters is 1. The van der Waals surface area contributed by atoms with Gasteiger partial charge in [0.1, 0.15) is 11.9 Å². The Morgan fingerprint density at radius 3 is 2.84 bits per heavy atom. The van der Waals surface area contributed by atoms with E-state index in [4.69, 9.17) is 4.74 Å². The quantitative estimate of drug-likeness (QED) is 0.849. The number of carbonyl (C=O) groups excluding carboxylic acids is 1. The summed E-state index contributed by atoms with van der Waals surface area (Å²) in [5.41, 5.74) is 2.04. The summed E-state index contributed by atoms with van der Waals surface area (Å²) in [5.74, 6) is -0.381. The molecule has 5 nitrogen and oxygen atoms in total. The number of aromatic nitrogens is 1. The van der Waals surface area contributed by atoms with Gasteiger partial charge in [0.05, 0.1) is 12.2 Å². The fourth-order valence-corrected chi connectivity index (χ4v) is 3.27. The Hall–Kier alpha value is -2.54. The monoisotopic (exact) mass is 359 g/mol. The van der Waals surface area contributed by atoms with E-state index in [2.05, 4.69) is 15.3 Å². The predicted octanol–water partition coefficient (Wildman–Crippen LogP) is 3.52. The summed E-state index contributed by atoms with van der Waals surface area (Å²) >= 11 is 1.42. The molecule has 0 bridgehead atoms. The van der Waals surface area contributed by atoms with Gasteiger partial charge in [-0.15, -0.1) is 11.3 Å². The highest BCUT2D eigenvalue weighted by atomic mass is 32.1. The second-order valence-electron chi connectivity index (χ2n) is 5.63. The molecule has 1 aliphatic heterocycles. The van der Waals surface area contributed by atoms with E-state index in [1.807, 2.05) is 12.3 Å². The lowest BCUT2D eigenvalue weighted by Crippen LogP contribution is -2.33. The summed E-state index contributed by atoms with van der Waals surface area (Å²) < 4.78 is 19.7. The number of carbonyl (C=O) groups is 1. The molecular weight excluding hydrogens is 341 g/mol. The van der Waals surface area contributed by atoms with Gasteiger partial charge in [-0.25, -0.2) is 14.2 Å². The van der Waals surface area contributed by atoms with Crippen LogP contribution < -0.4 is 5.32 Å². The third kappa shape index (κ3) is 3.46. The Kier molecular flexibility index (Phi) is 4.94. The van der Waals surface area contributed by atoms with Crippen molar-refractivity contribution in [1.82, 2.24) is 10.3 Å². The lowest BCUT2D eigenvalue weighted by Gasteiger charge is -2.25. The van der Waals surface area contributed by atoms with Gasteiger partial charge in [-0.1, -0.05) is 12.1 Å². The Morgan fingerprint density at radius 2 is 2.20 bits per heavy atom. The topological polar surface area (TPSA) is 63.6 Å². The summed E-state index contributed by atoms with van der Waals surface area (Å²) in [7, 11) is 0. The van der Waals surface area contributed by atoms with Gasteiger partial charge in [-0.2, -0.15) is 0 Å². The van der Waals surface area contributed by atoms with E-state index in [1.165, 1.54) is 17.4 Å². The molecule has 1 aliphatic rings. The zero-order chi connectivity index (χ0) is 18.0. The molecule has 0 saturated carbocycles. The lowest BCUT2D eigenvalue weighted by atomic mass is 9.95. The summed E-state index contributed by atoms with van der Waals surface area (Å²) in [5, 5.41) is 5.61. The van der Waals surface area contributed by atoms with Crippen molar-refractivity contribution in [3.05, 3.63) is 63.0 Å². The SMILES string of the molecule is CCOC(=O)C1=C(C)NC(c2nccs2)=NC1c1ccc(C)cc1F. The first kappa shape index (κ1) is 17.3. The second-order valence-corrected chi connectivity index (χ2v) is 6.52. The van der Waals surface area contributed by atoms with Gasteiger partial charge in [0.15, 0.2) is 10.8 Å². The number of thiazole rings is 1. The van der Waals surface area contributed by atoms with E-state index < -0.39 is 17.8 Å². The van der Waals surface area contributed by atoms with E-state index in [9.17, 15) is 9.18 Å². The molecule has 1 unspecified atom stereocenters. The van der Waals surface area contributed by atoms with Gasteiger partial charge < -0.3 is 10.1 Å². The van der Waals surface area contributed by atoms with E-state index in [0.29, 0.717) is 27.7 Å². The number of nitrogens with one attached hydrogen (secondary N) is 1. The predicted molar refractivity (Wildman–Crippen MR) is 95.0 cm³/mol. The highest BCUT2D eigenvalue weighted by molar-refractivity contribution is 7.11. The molecule has 0 saturated heterocycles. The van der Waals surface area contributed by atoms with Crippen LogP contribution in [0.25, 0.3) is 0 Å². The van der Waals surface area contributed by atoms with Crippen LogP contribution in [0.2, 0.25) is 0 Å². The summed E-state index contributed by atoms with van der Waals surface area (Å²) in [6.07, 6.45) is 1.67. The van der Waals surface area contributed by atoms with Crippen LogP contribution >= 0.6 is 11.3 Å². The molecule has 0 radical (unpaired) electrons. The molecule has 0 aliphatic carbocycles. The standard InChI is InChI=1S/C18H18FN3O2S/c1-4-24-18(23)14-11(3)21-16(17-20-7-8-25-17)22-15(14)12-6-5-10(2)9-13(12)19/h5-9,15H,4H2,1-3H3,(H,21,22). The summed E-state index contributed by atoms with van der Waals surface area (Å²) in [6.45, 7) is 5.54. The first-order chi connectivity index (χ1) is 12.0. The average molecular weight is 359 g/mol. The maximum Gasteiger partial charge on any atom is 0.338 e. The van der Waals surface area contributed by atoms with Crippen molar-refractivity contribution >= 4 is 23.1 Å². The number of ether oxygens (including phenoxy) is 1. The van der Waals surface area contributed by atoms with E-state index in [1.54, 1.807) is 32.2 Å². The molecule has 7 heteroatoms. The Morgan fingerprint density at radius 1 is 1.40 bits per heavy atom. The maximum atomic E-state index is 14.6. The van der Waals surface area contributed by atoms with Crippen molar-refractivity contribution in [2.24, 2.45) is 4.99 Å². The highest BCUT2D eigenvalue weighted by Gasteiger charge is 2.32. The van der Waals surface area contributed by atoms with Gasteiger partial charge in [-0.05, 0) is 32.4 Å². The van der Waals surface area contributed by atoms with Crippen LogP contribution in [0.3, 0.4) is 0 Å². The molecular formula is C18H18FN3O2S. The molecule has 1 aromatic heterocycles. The normalized spacial score (nSPS) is 17.1. The zero-order valence-corrected chi connectivity index (χ0v) is 15.0. The van der Waals surface area contributed by atoms with Gasteiger partial charge in [-0.3, -0.25) is 4.99 Å². The minimum absolute atomic E-state index is 0.238. The zero-order valence-electron chi connectivity index (χ0n) is 14.2. The Labute approximate surface area is 149 Å². The molecule has 3 rings (SSSR count). The van der Waals surface area contributed by atoms with Crippen molar-refractivity contribution in [1.29, 1.82) is 0 Å². The van der Waals surface area contributed by atoms with Crippen LogP contribution in [0.4, 0.5) is 4.39 Å². The molecule has 1 aromatic carbocycles. The lowest BCUT2D eigenvalue weighted by molar-refractivity contribution is -0.138. The van der Waals surface area contributed by atoms with Crippen molar-refractivity contribution in [2.75, 3.05) is 6.61 Å². The summed E-state index contributed by atoms with van der Waals surface area (Å²) in [6, 6.07) is 4.13. The van der Waals surface area contributed by atoms with Crippen LogP contribution in [0.1, 0.15) is 36.0 Å². The second kappa shape index (κ2) is 7.14. The number of hydrogen-bond acceptors (Lipinski definition) is 6. The molecule has 0 amide bonds.